The molecule has 0 heterocycles. The summed E-state index contributed by atoms with van der Waals surface area (Å²) in [6.07, 6.45) is 1.52. The first kappa shape index (κ1) is 11.4. The SMILES string of the molecule is CCCc1cc(Br)cc(C(C)=O)c1F. The zero-order valence-corrected chi connectivity index (χ0v) is 9.82. The van der Waals surface area contributed by atoms with Gasteiger partial charge in [-0.15, -0.1) is 0 Å². The van der Waals surface area contributed by atoms with E-state index in [2.05, 4.69) is 15.9 Å². The van der Waals surface area contributed by atoms with Gasteiger partial charge in [0, 0.05) is 4.47 Å². The number of benzene rings is 1. The van der Waals surface area contributed by atoms with Gasteiger partial charge in [-0.25, -0.2) is 4.39 Å². The summed E-state index contributed by atoms with van der Waals surface area (Å²) in [5.41, 5.74) is 0.773. The fourth-order valence-corrected chi connectivity index (χ4v) is 1.86. The molecule has 0 amide bonds. The molecule has 1 nitrogen and oxygen atoms in total. The van der Waals surface area contributed by atoms with Crippen LogP contribution < -0.4 is 0 Å². The van der Waals surface area contributed by atoms with Crippen molar-refractivity contribution in [3.63, 3.8) is 0 Å². The summed E-state index contributed by atoms with van der Waals surface area (Å²) >= 11 is 3.27. The molecule has 0 unspecified atom stereocenters. The molecule has 0 atom stereocenters. The Bertz CT molecular complexity index is 361. The van der Waals surface area contributed by atoms with Crippen molar-refractivity contribution in [3.8, 4) is 0 Å². The molecule has 1 aromatic carbocycles. The number of aryl methyl sites for hydroxylation is 1. The van der Waals surface area contributed by atoms with Gasteiger partial charge in [-0.2, -0.15) is 0 Å². The van der Waals surface area contributed by atoms with Crippen molar-refractivity contribution in [1.82, 2.24) is 0 Å². The Morgan fingerprint density at radius 1 is 1.50 bits per heavy atom. The maximum atomic E-state index is 13.6. The summed E-state index contributed by atoms with van der Waals surface area (Å²) in [6.45, 7) is 3.36. The van der Waals surface area contributed by atoms with E-state index < -0.39 is 0 Å². The Balaban J connectivity index is 3.24. The highest BCUT2D eigenvalue weighted by atomic mass is 79.9. The van der Waals surface area contributed by atoms with E-state index in [9.17, 15) is 9.18 Å². The molecular weight excluding hydrogens is 247 g/mol. The summed E-state index contributed by atoms with van der Waals surface area (Å²) < 4.78 is 14.4. The molecule has 0 saturated carbocycles. The predicted octanol–water partition coefficient (Wildman–Crippen LogP) is 3.74. The van der Waals surface area contributed by atoms with Crippen molar-refractivity contribution in [2.45, 2.75) is 26.7 Å². The van der Waals surface area contributed by atoms with Gasteiger partial charge in [-0.3, -0.25) is 4.79 Å². The zero-order valence-electron chi connectivity index (χ0n) is 8.23. The number of carbonyl (C=O) groups is 1. The molecule has 0 N–H and O–H groups in total. The van der Waals surface area contributed by atoms with E-state index >= 15 is 0 Å². The summed E-state index contributed by atoms with van der Waals surface area (Å²) in [5, 5.41) is 0. The third-order valence-electron chi connectivity index (χ3n) is 2.01. The Kier molecular flexibility index (Phi) is 3.81. The summed E-state index contributed by atoms with van der Waals surface area (Å²) in [7, 11) is 0. The van der Waals surface area contributed by atoms with E-state index in [4.69, 9.17) is 0 Å². The summed E-state index contributed by atoms with van der Waals surface area (Å²) in [6, 6.07) is 3.25. The van der Waals surface area contributed by atoms with Crippen LogP contribution in [0.2, 0.25) is 0 Å². The van der Waals surface area contributed by atoms with Crippen LogP contribution in [0.3, 0.4) is 0 Å². The van der Waals surface area contributed by atoms with Crippen LogP contribution >= 0.6 is 15.9 Å². The van der Waals surface area contributed by atoms with Gasteiger partial charge in [-0.05, 0) is 31.0 Å². The molecule has 0 saturated heterocycles. The average molecular weight is 259 g/mol. The van der Waals surface area contributed by atoms with Crippen molar-refractivity contribution in [3.05, 3.63) is 33.5 Å². The second kappa shape index (κ2) is 4.69. The molecule has 0 aliphatic heterocycles. The maximum Gasteiger partial charge on any atom is 0.162 e. The molecule has 0 bridgehead atoms. The van der Waals surface area contributed by atoms with Crippen molar-refractivity contribution in [1.29, 1.82) is 0 Å². The molecular formula is C11H12BrFO. The minimum Gasteiger partial charge on any atom is -0.294 e. The van der Waals surface area contributed by atoms with Gasteiger partial charge in [0.1, 0.15) is 5.82 Å². The smallest absolute Gasteiger partial charge is 0.162 e. The van der Waals surface area contributed by atoms with Crippen LogP contribution in [0.5, 0.6) is 0 Å². The number of halogens is 2. The molecule has 76 valence electrons. The normalized spacial score (nSPS) is 10.3. The van der Waals surface area contributed by atoms with E-state index in [0.29, 0.717) is 12.0 Å². The Labute approximate surface area is 91.5 Å². The van der Waals surface area contributed by atoms with Crippen LogP contribution in [0.25, 0.3) is 0 Å². The first-order chi connectivity index (χ1) is 6.56. The van der Waals surface area contributed by atoms with E-state index in [1.165, 1.54) is 13.0 Å². The van der Waals surface area contributed by atoms with Crippen molar-refractivity contribution < 1.29 is 9.18 Å². The van der Waals surface area contributed by atoms with Gasteiger partial charge < -0.3 is 0 Å². The maximum absolute atomic E-state index is 13.6. The van der Waals surface area contributed by atoms with Gasteiger partial charge in [0.05, 0.1) is 5.56 Å². The molecule has 3 heteroatoms. The first-order valence-corrected chi connectivity index (χ1v) is 5.34. The minimum absolute atomic E-state index is 0.169. The fourth-order valence-electron chi connectivity index (χ4n) is 1.35. The Morgan fingerprint density at radius 2 is 2.14 bits per heavy atom. The third kappa shape index (κ3) is 2.41. The van der Waals surface area contributed by atoms with E-state index in [0.717, 1.165) is 10.9 Å². The van der Waals surface area contributed by atoms with Crippen LogP contribution in [0.15, 0.2) is 16.6 Å². The molecule has 0 fully saturated rings. The lowest BCUT2D eigenvalue weighted by atomic mass is 10.0. The van der Waals surface area contributed by atoms with Crippen LogP contribution in [0, 0.1) is 5.82 Å². The van der Waals surface area contributed by atoms with Gasteiger partial charge in [-0.1, -0.05) is 29.3 Å². The molecule has 0 aliphatic rings. The van der Waals surface area contributed by atoms with Gasteiger partial charge >= 0.3 is 0 Å². The van der Waals surface area contributed by atoms with Crippen LogP contribution in [-0.4, -0.2) is 5.78 Å². The van der Waals surface area contributed by atoms with Gasteiger partial charge in [0.2, 0.25) is 0 Å². The number of carbonyl (C=O) groups excluding carboxylic acids is 1. The molecule has 0 radical (unpaired) electrons. The highest BCUT2D eigenvalue weighted by Gasteiger charge is 2.12. The molecule has 1 aromatic rings. The molecule has 0 aliphatic carbocycles. The van der Waals surface area contributed by atoms with E-state index in [1.54, 1.807) is 6.07 Å². The largest absolute Gasteiger partial charge is 0.294 e. The van der Waals surface area contributed by atoms with E-state index in [1.807, 2.05) is 6.92 Å². The lowest BCUT2D eigenvalue weighted by Gasteiger charge is -2.06. The second-order valence-corrected chi connectivity index (χ2v) is 4.15. The fraction of sp³-hybridized carbons (Fsp3) is 0.364. The number of hydrogen-bond donors (Lipinski definition) is 0. The van der Waals surface area contributed by atoms with Crippen molar-refractivity contribution >= 4 is 21.7 Å². The quantitative estimate of drug-likeness (QED) is 0.755. The van der Waals surface area contributed by atoms with Gasteiger partial charge in [0.25, 0.3) is 0 Å². The van der Waals surface area contributed by atoms with Gasteiger partial charge in [0.15, 0.2) is 5.78 Å². The third-order valence-corrected chi connectivity index (χ3v) is 2.47. The highest BCUT2D eigenvalue weighted by Crippen LogP contribution is 2.21. The number of ketones is 1. The number of rotatable bonds is 3. The molecule has 14 heavy (non-hydrogen) atoms. The molecule has 1 rings (SSSR count). The van der Waals surface area contributed by atoms with E-state index in [-0.39, 0.29) is 17.2 Å². The minimum atomic E-state index is -0.373. The predicted molar refractivity (Wildman–Crippen MR) is 58.1 cm³/mol. The number of hydrogen-bond acceptors (Lipinski definition) is 1. The first-order valence-electron chi connectivity index (χ1n) is 4.55. The lowest BCUT2D eigenvalue weighted by molar-refractivity contribution is 0.101. The Hall–Kier alpha value is -0.700. The second-order valence-electron chi connectivity index (χ2n) is 3.23. The average Bonchev–Trinajstić information content (AvgIpc) is 2.10. The Morgan fingerprint density at radius 3 is 2.64 bits per heavy atom. The standard InChI is InChI=1S/C11H12BrFO/c1-3-4-8-5-9(12)6-10(7(2)14)11(8)13/h5-6H,3-4H2,1-2H3. The number of Topliss-reactive ketones (excluding diaryl/α,β-unsaturated/α-hetero) is 1. The summed E-state index contributed by atoms with van der Waals surface area (Å²) in [5.74, 6) is -0.608. The molecule has 0 spiro atoms. The lowest BCUT2D eigenvalue weighted by Crippen LogP contribution is -2.01. The summed E-state index contributed by atoms with van der Waals surface area (Å²) in [4.78, 5) is 11.1. The van der Waals surface area contributed by atoms with Crippen LogP contribution in [0.4, 0.5) is 4.39 Å². The zero-order chi connectivity index (χ0) is 10.7. The van der Waals surface area contributed by atoms with Crippen LogP contribution in [0.1, 0.15) is 36.2 Å². The highest BCUT2D eigenvalue weighted by molar-refractivity contribution is 9.10. The monoisotopic (exact) mass is 258 g/mol. The van der Waals surface area contributed by atoms with Crippen LogP contribution in [-0.2, 0) is 6.42 Å². The van der Waals surface area contributed by atoms with Crippen molar-refractivity contribution in [2.24, 2.45) is 0 Å². The topological polar surface area (TPSA) is 17.1 Å². The van der Waals surface area contributed by atoms with Crippen molar-refractivity contribution in [2.75, 3.05) is 0 Å². The molecule has 0 aromatic heterocycles.